The molecule has 6 nitrogen and oxygen atoms in total. The van der Waals surface area contributed by atoms with Crippen molar-refractivity contribution in [1.82, 2.24) is 5.32 Å². The molecule has 0 saturated heterocycles. The number of benzene rings is 3. The molecule has 0 aliphatic rings. The standard InChI is InChI=1S/C25H20N2O4/c26-15-22(24(28)27-16-18-5-2-1-3-6-18)13-20-7-4-8-23(14-20)31-17-19-9-11-21(12-10-19)25(29)30/h1-14H,16-17H2,(H,27,28)(H,29,30)/b22-13-. The summed E-state index contributed by atoms with van der Waals surface area (Å²) in [6.07, 6.45) is 1.51. The molecule has 3 aromatic rings. The normalized spacial score (nSPS) is 10.7. The van der Waals surface area contributed by atoms with Gasteiger partial charge in [-0.15, -0.1) is 0 Å². The second-order valence-electron chi connectivity index (χ2n) is 6.70. The number of carboxylic acids is 1. The van der Waals surface area contributed by atoms with E-state index in [4.69, 9.17) is 9.84 Å². The van der Waals surface area contributed by atoms with Crippen molar-refractivity contribution in [2.45, 2.75) is 13.2 Å². The van der Waals surface area contributed by atoms with Gasteiger partial charge in [-0.25, -0.2) is 4.79 Å². The fourth-order valence-electron chi connectivity index (χ4n) is 2.79. The Labute approximate surface area is 180 Å². The quantitative estimate of drug-likeness (QED) is 0.427. The highest BCUT2D eigenvalue weighted by Gasteiger charge is 2.09. The lowest BCUT2D eigenvalue weighted by Gasteiger charge is -2.08. The third-order valence-electron chi connectivity index (χ3n) is 4.44. The van der Waals surface area contributed by atoms with E-state index in [-0.39, 0.29) is 17.7 Å². The number of nitrogens with one attached hydrogen (secondary N) is 1. The molecule has 0 atom stereocenters. The first-order valence-electron chi connectivity index (χ1n) is 9.54. The van der Waals surface area contributed by atoms with E-state index in [9.17, 15) is 14.9 Å². The predicted octanol–water partition coefficient (Wildman–Crippen LogP) is 4.19. The second-order valence-corrected chi connectivity index (χ2v) is 6.70. The maximum absolute atomic E-state index is 12.3. The first-order chi connectivity index (χ1) is 15.0. The highest BCUT2D eigenvalue weighted by Crippen LogP contribution is 2.18. The Morgan fingerprint density at radius 3 is 2.39 bits per heavy atom. The molecule has 1 amide bonds. The zero-order valence-corrected chi connectivity index (χ0v) is 16.6. The zero-order valence-electron chi connectivity index (χ0n) is 16.6. The summed E-state index contributed by atoms with van der Waals surface area (Å²) >= 11 is 0. The van der Waals surface area contributed by atoms with Crippen LogP contribution in [0.5, 0.6) is 5.75 Å². The predicted molar refractivity (Wildman–Crippen MR) is 116 cm³/mol. The molecule has 6 heteroatoms. The van der Waals surface area contributed by atoms with E-state index in [0.29, 0.717) is 17.9 Å². The summed E-state index contributed by atoms with van der Waals surface area (Å²) in [5.41, 5.74) is 2.64. The van der Waals surface area contributed by atoms with Crippen LogP contribution in [0.1, 0.15) is 27.0 Å². The number of hydrogen-bond donors (Lipinski definition) is 2. The van der Waals surface area contributed by atoms with Gasteiger partial charge in [0.05, 0.1) is 5.56 Å². The van der Waals surface area contributed by atoms with E-state index in [1.807, 2.05) is 36.4 Å². The van der Waals surface area contributed by atoms with Gasteiger partial charge < -0.3 is 15.2 Å². The van der Waals surface area contributed by atoms with E-state index in [1.165, 1.54) is 18.2 Å². The summed E-state index contributed by atoms with van der Waals surface area (Å²) < 4.78 is 5.75. The number of aromatic carboxylic acids is 1. The molecule has 2 N–H and O–H groups in total. The fourth-order valence-corrected chi connectivity index (χ4v) is 2.79. The van der Waals surface area contributed by atoms with Gasteiger partial charge in [-0.05, 0) is 47.0 Å². The second kappa shape index (κ2) is 10.4. The molecule has 0 aliphatic carbocycles. The lowest BCUT2D eigenvalue weighted by atomic mass is 10.1. The molecule has 0 unspecified atom stereocenters. The van der Waals surface area contributed by atoms with Gasteiger partial charge in [0.2, 0.25) is 0 Å². The Morgan fingerprint density at radius 1 is 0.968 bits per heavy atom. The number of carbonyl (C=O) groups excluding carboxylic acids is 1. The molecule has 0 bridgehead atoms. The van der Waals surface area contributed by atoms with E-state index in [1.54, 1.807) is 36.4 Å². The number of ether oxygens (including phenoxy) is 1. The number of hydrogen-bond acceptors (Lipinski definition) is 4. The molecule has 31 heavy (non-hydrogen) atoms. The summed E-state index contributed by atoms with van der Waals surface area (Å²) in [4.78, 5) is 23.3. The van der Waals surface area contributed by atoms with Crippen molar-refractivity contribution in [1.29, 1.82) is 5.26 Å². The largest absolute Gasteiger partial charge is 0.489 e. The van der Waals surface area contributed by atoms with Gasteiger partial charge >= 0.3 is 5.97 Å². The lowest BCUT2D eigenvalue weighted by Crippen LogP contribution is -2.23. The monoisotopic (exact) mass is 412 g/mol. The maximum Gasteiger partial charge on any atom is 0.335 e. The minimum absolute atomic E-state index is 0.00246. The summed E-state index contributed by atoms with van der Waals surface area (Å²) in [5.74, 6) is -0.859. The van der Waals surface area contributed by atoms with Crippen molar-refractivity contribution in [3.63, 3.8) is 0 Å². The smallest absolute Gasteiger partial charge is 0.335 e. The van der Waals surface area contributed by atoms with Crippen LogP contribution in [-0.2, 0) is 17.9 Å². The molecule has 0 heterocycles. The fraction of sp³-hybridized carbons (Fsp3) is 0.0800. The molecule has 0 aromatic heterocycles. The van der Waals surface area contributed by atoms with Crippen LogP contribution in [0.25, 0.3) is 6.08 Å². The van der Waals surface area contributed by atoms with Crippen LogP contribution in [0.15, 0.2) is 84.4 Å². The highest BCUT2D eigenvalue weighted by atomic mass is 16.5. The summed E-state index contributed by atoms with van der Waals surface area (Å²) in [5, 5.41) is 21.1. The van der Waals surface area contributed by atoms with E-state index >= 15 is 0 Å². The first-order valence-corrected chi connectivity index (χ1v) is 9.54. The van der Waals surface area contributed by atoms with E-state index in [2.05, 4.69) is 5.32 Å². The topological polar surface area (TPSA) is 99.4 Å². The van der Waals surface area contributed by atoms with Crippen LogP contribution >= 0.6 is 0 Å². The molecule has 154 valence electrons. The maximum atomic E-state index is 12.3. The minimum atomic E-state index is -0.979. The van der Waals surface area contributed by atoms with Gasteiger partial charge in [-0.3, -0.25) is 4.79 Å². The number of carbonyl (C=O) groups is 2. The molecule has 0 saturated carbocycles. The van der Waals surface area contributed by atoms with E-state index in [0.717, 1.165) is 11.1 Å². The SMILES string of the molecule is N#C/C(=C/c1cccc(OCc2ccc(C(=O)O)cc2)c1)C(=O)NCc1ccccc1. The third kappa shape index (κ3) is 6.31. The Bertz CT molecular complexity index is 1130. The van der Waals surface area contributed by atoms with Gasteiger partial charge in [-0.2, -0.15) is 5.26 Å². The molecule has 3 aromatic carbocycles. The average molecular weight is 412 g/mol. The Balaban J connectivity index is 1.63. The van der Waals surface area contributed by atoms with Crippen molar-refractivity contribution >= 4 is 18.0 Å². The first kappa shape index (κ1) is 21.3. The van der Waals surface area contributed by atoms with Crippen molar-refractivity contribution in [2.24, 2.45) is 0 Å². The molecular formula is C25H20N2O4. The summed E-state index contributed by atoms with van der Waals surface area (Å²) in [6.45, 7) is 0.595. The third-order valence-corrected chi connectivity index (χ3v) is 4.44. The molecule has 3 rings (SSSR count). The zero-order chi connectivity index (χ0) is 22.1. The Kier molecular flexibility index (Phi) is 7.17. The molecular weight excluding hydrogens is 392 g/mol. The van der Waals surface area contributed by atoms with Crippen LogP contribution < -0.4 is 10.1 Å². The van der Waals surface area contributed by atoms with Gasteiger partial charge in [0.15, 0.2) is 0 Å². The minimum Gasteiger partial charge on any atom is -0.489 e. The number of rotatable bonds is 8. The van der Waals surface area contributed by atoms with Crippen molar-refractivity contribution < 1.29 is 19.4 Å². The van der Waals surface area contributed by atoms with Gasteiger partial charge in [0, 0.05) is 6.54 Å². The summed E-state index contributed by atoms with van der Waals surface area (Å²) in [7, 11) is 0. The van der Waals surface area contributed by atoms with Gasteiger partial charge in [-0.1, -0.05) is 54.6 Å². The number of carboxylic acid groups (broad SMARTS) is 1. The van der Waals surface area contributed by atoms with Crippen LogP contribution in [0.4, 0.5) is 0 Å². The van der Waals surface area contributed by atoms with Crippen LogP contribution in [-0.4, -0.2) is 17.0 Å². The number of nitriles is 1. The van der Waals surface area contributed by atoms with Crippen LogP contribution in [0.2, 0.25) is 0 Å². The average Bonchev–Trinajstić information content (AvgIpc) is 2.81. The molecule has 0 radical (unpaired) electrons. The Hall–Kier alpha value is -4.37. The molecule has 0 aliphatic heterocycles. The van der Waals surface area contributed by atoms with Gasteiger partial charge in [0.1, 0.15) is 24.0 Å². The molecule has 0 spiro atoms. The van der Waals surface area contributed by atoms with Crippen molar-refractivity contribution in [2.75, 3.05) is 0 Å². The Morgan fingerprint density at radius 2 is 1.71 bits per heavy atom. The highest BCUT2D eigenvalue weighted by molar-refractivity contribution is 6.01. The number of nitrogens with zero attached hydrogens (tertiary/aromatic N) is 1. The van der Waals surface area contributed by atoms with E-state index < -0.39 is 11.9 Å². The van der Waals surface area contributed by atoms with Crippen molar-refractivity contribution in [3.8, 4) is 11.8 Å². The van der Waals surface area contributed by atoms with Crippen LogP contribution in [0, 0.1) is 11.3 Å². The van der Waals surface area contributed by atoms with Gasteiger partial charge in [0.25, 0.3) is 5.91 Å². The number of amides is 1. The summed E-state index contributed by atoms with van der Waals surface area (Å²) in [6, 6.07) is 24.9. The lowest BCUT2D eigenvalue weighted by molar-refractivity contribution is -0.117. The molecule has 0 fully saturated rings. The van der Waals surface area contributed by atoms with Crippen molar-refractivity contribution in [3.05, 3.63) is 107 Å². The van der Waals surface area contributed by atoms with Crippen LogP contribution in [0.3, 0.4) is 0 Å².